The fourth-order valence-corrected chi connectivity index (χ4v) is 1.27. The lowest BCUT2D eigenvalue weighted by molar-refractivity contribution is -0.0791. The van der Waals surface area contributed by atoms with E-state index in [2.05, 4.69) is 5.53 Å². The molecular weight excluding hydrogens is 166 g/mol. The molecule has 4 heteroatoms. The van der Waals surface area contributed by atoms with Crippen LogP contribution in [-0.2, 0) is 0 Å². The van der Waals surface area contributed by atoms with Crippen LogP contribution in [0, 0.1) is 6.92 Å². The number of nitrogens with one attached hydrogen (secondary N) is 1. The number of nitrogens with zero attached hydrogens (tertiary/aromatic N) is 2. The van der Waals surface area contributed by atoms with E-state index >= 15 is 0 Å². The minimum absolute atomic E-state index is 0.909. The quantitative estimate of drug-likeness (QED) is 0.680. The van der Waals surface area contributed by atoms with E-state index in [0.29, 0.717) is 0 Å². The summed E-state index contributed by atoms with van der Waals surface area (Å²) in [5.74, 6) is 0. The van der Waals surface area contributed by atoms with E-state index in [1.54, 1.807) is 11.2 Å². The molecule has 0 saturated carbocycles. The number of hydrogen-bond acceptors (Lipinski definition) is 4. The van der Waals surface area contributed by atoms with Gasteiger partial charge in [0.15, 0.2) is 0 Å². The number of hydroxylamine groups is 1. The Balaban J connectivity index is 2.27. The van der Waals surface area contributed by atoms with Crippen molar-refractivity contribution >= 4 is 5.69 Å². The zero-order valence-electron chi connectivity index (χ0n) is 7.31. The predicted molar refractivity (Wildman–Crippen MR) is 49.6 cm³/mol. The van der Waals surface area contributed by atoms with Crippen molar-refractivity contribution in [1.82, 2.24) is 10.7 Å². The Bertz CT molecular complexity index is 337. The second-order valence-corrected chi connectivity index (χ2v) is 2.90. The molecule has 0 bridgehead atoms. The van der Waals surface area contributed by atoms with Crippen molar-refractivity contribution in [3.63, 3.8) is 0 Å². The summed E-state index contributed by atoms with van der Waals surface area (Å²) in [6.45, 7) is 2.02. The third-order valence-corrected chi connectivity index (χ3v) is 1.94. The molecule has 2 N–H and O–H groups in total. The van der Waals surface area contributed by atoms with E-state index in [1.165, 1.54) is 6.20 Å². The lowest BCUT2D eigenvalue weighted by atomic mass is 10.2. The van der Waals surface area contributed by atoms with Crippen molar-refractivity contribution in [2.75, 3.05) is 5.01 Å². The summed E-state index contributed by atoms with van der Waals surface area (Å²) in [6.07, 6.45) is 3.29. The Labute approximate surface area is 76.6 Å². The number of para-hydroxylation sites is 1. The second kappa shape index (κ2) is 3.08. The van der Waals surface area contributed by atoms with Gasteiger partial charge in [-0.15, -0.1) is 5.53 Å². The molecule has 0 aromatic heterocycles. The van der Waals surface area contributed by atoms with Gasteiger partial charge < -0.3 is 0 Å². The number of hydrogen-bond donors (Lipinski definition) is 2. The first-order chi connectivity index (χ1) is 6.27. The summed E-state index contributed by atoms with van der Waals surface area (Å²) in [4.78, 5) is 0. The van der Waals surface area contributed by atoms with Crippen molar-refractivity contribution in [3.8, 4) is 0 Å². The number of anilines is 1. The van der Waals surface area contributed by atoms with Crippen LogP contribution < -0.4 is 10.5 Å². The number of rotatable bonds is 1. The summed E-state index contributed by atoms with van der Waals surface area (Å²) < 4.78 is 0. The second-order valence-electron chi connectivity index (χ2n) is 2.90. The molecule has 0 amide bonds. The van der Waals surface area contributed by atoms with Crippen LogP contribution in [0.25, 0.3) is 0 Å². The minimum atomic E-state index is 0.909. The number of aryl methyl sites for hydroxylation is 1. The highest BCUT2D eigenvalue weighted by Gasteiger charge is 2.11. The Kier molecular flexibility index (Phi) is 1.92. The molecule has 1 aromatic rings. The van der Waals surface area contributed by atoms with Crippen molar-refractivity contribution in [2.45, 2.75) is 6.92 Å². The van der Waals surface area contributed by atoms with E-state index in [9.17, 15) is 0 Å². The van der Waals surface area contributed by atoms with Gasteiger partial charge in [-0.3, -0.25) is 10.2 Å². The Morgan fingerprint density at radius 2 is 2.00 bits per heavy atom. The highest BCUT2D eigenvalue weighted by atomic mass is 16.6. The van der Waals surface area contributed by atoms with Gasteiger partial charge in [0.25, 0.3) is 0 Å². The van der Waals surface area contributed by atoms with Crippen LogP contribution in [0.3, 0.4) is 0 Å². The van der Waals surface area contributed by atoms with Gasteiger partial charge in [0.05, 0.1) is 11.9 Å². The first kappa shape index (κ1) is 8.10. The SMILES string of the molecule is Cc1ccccc1N1C=CN(O)N1. The third-order valence-electron chi connectivity index (χ3n) is 1.94. The Hall–Kier alpha value is -1.52. The lowest BCUT2D eigenvalue weighted by Crippen LogP contribution is -2.37. The van der Waals surface area contributed by atoms with Gasteiger partial charge in [0, 0.05) is 6.20 Å². The summed E-state index contributed by atoms with van der Waals surface area (Å²) in [7, 11) is 0. The van der Waals surface area contributed by atoms with Gasteiger partial charge in [-0.25, -0.2) is 0 Å². The van der Waals surface area contributed by atoms with Gasteiger partial charge in [0.2, 0.25) is 0 Å². The molecule has 2 rings (SSSR count). The topological polar surface area (TPSA) is 38.7 Å². The maximum atomic E-state index is 9.05. The molecule has 4 nitrogen and oxygen atoms in total. The van der Waals surface area contributed by atoms with Crippen LogP contribution in [0.4, 0.5) is 5.69 Å². The van der Waals surface area contributed by atoms with E-state index in [4.69, 9.17) is 5.21 Å². The summed E-state index contributed by atoms with van der Waals surface area (Å²) in [5, 5.41) is 11.7. The molecule has 1 aliphatic rings. The molecule has 0 atom stereocenters. The van der Waals surface area contributed by atoms with Crippen molar-refractivity contribution in [2.24, 2.45) is 0 Å². The van der Waals surface area contributed by atoms with Crippen LogP contribution >= 0.6 is 0 Å². The van der Waals surface area contributed by atoms with E-state index in [0.717, 1.165) is 16.4 Å². The van der Waals surface area contributed by atoms with Crippen molar-refractivity contribution in [1.29, 1.82) is 0 Å². The molecule has 0 unspecified atom stereocenters. The first-order valence-electron chi connectivity index (χ1n) is 4.05. The average Bonchev–Trinajstić information content (AvgIpc) is 2.53. The normalized spacial score (nSPS) is 15.5. The highest BCUT2D eigenvalue weighted by Crippen LogP contribution is 2.19. The van der Waals surface area contributed by atoms with Gasteiger partial charge >= 0.3 is 0 Å². The van der Waals surface area contributed by atoms with Crippen LogP contribution in [0.1, 0.15) is 5.56 Å². The van der Waals surface area contributed by atoms with E-state index in [-0.39, 0.29) is 0 Å². The molecule has 0 saturated heterocycles. The predicted octanol–water partition coefficient (Wildman–Crippen LogP) is 1.40. The Morgan fingerprint density at radius 3 is 2.62 bits per heavy atom. The molecule has 1 heterocycles. The van der Waals surface area contributed by atoms with Gasteiger partial charge in [0.1, 0.15) is 0 Å². The van der Waals surface area contributed by atoms with Crippen molar-refractivity contribution in [3.05, 3.63) is 42.2 Å². The van der Waals surface area contributed by atoms with Gasteiger partial charge in [-0.1, -0.05) is 18.2 Å². The molecule has 68 valence electrons. The zero-order chi connectivity index (χ0) is 9.26. The standard InChI is InChI=1S/C9H11N3O/c1-8-4-2-3-5-9(8)11-6-7-12(13)10-11/h2-7,10,13H,1H3. The lowest BCUT2D eigenvalue weighted by Gasteiger charge is -2.19. The van der Waals surface area contributed by atoms with E-state index < -0.39 is 0 Å². The first-order valence-corrected chi connectivity index (χ1v) is 4.05. The van der Waals surface area contributed by atoms with Crippen LogP contribution in [0.2, 0.25) is 0 Å². The van der Waals surface area contributed by atoms with Gasteiger partial charge in [-0.05, 0) is 18.6 Å². The van der Waals surface area contributed by atoms with Gasteiger partial charge in [-0.2, -0.15) is 5.17 Å². The van der Waals surface area contributed by atoms with E-state index in [1.807, 2.05) is 31.2 Å². The zero-order valence-corrected chi connectivity index (χ0v) is 7.31. The monoisotopic (exact) mass is 177 g/mol. The molecule has 1 aromatic carbocycles. The largest absolute Gasteiger partial charge is 0.272 e. The molecule has 0 spiro atoms. The average molecular weight is 177 g/mol. The summed E-state index contributed by atoms with van der Waals surface area (Å²) >= 11 is 0. The maximum Gasteiger partial charge on any atom is 0.0657 e. The smallest absolute Gasteiger partial charge is 0.0657 e. The maximum absolute atomic E-state index is 9.05. The van der Waals surface area contributed by atoms with Crippen LogP contribution in [0.5, 0.6) is 0 Å². The highest BCUT2D eigenvalue weighted by molar-refractivity contribution is 5.54. The van der Waals surface area contributed by atoms with Crippen molar-refractivity contribution < 1.29 is 5.21 Å². The fourth-order valence-electron chi connectivity index (χ4n) is 1.27. The summed E-state index contributed by atoms with van der Waals surface area (Å²) in [5.41, 5.74) is 4.89. The molecule has 0 radical (unpaired) electrons. The number of hydrazine groups is 2. The molecule has 0 fully saturated rings. The number of benzene rings is 1. The molecular formula is C9H11N3O. The molecule has 0 aliphatic carbocycles. The van der Waals surface area contributed by atoms with Crippen LogP contribution in [0.15, 0.2) is 36.7 Å². The van der Waals surface area contributed by atoms with Crippen LogP contribution in [-0.4, -0.2) is 10.4 Å². The summed E-state index contributed by atoms with van der Waals surface area (Å²) in [6, 6.07) is 7.93. The Morgan fingerprint density at radius 1 is 1.23 bits per heavy atom. The third kappa shape index (κ3) is 1.49. The molecule has 13 heavy (non-hydrogen) atoms. The fraction of sp³-hybridized carbons (Fsp3) is 0.111. The molecule has 1 aliphatic heterocycles. The minimum Gasteiger partial charge on any atom is -0.272 e.